The van der Waals surface area contributed by atoms with Gasteiger partial charge in [0.2, 0.25) is 11.7 Å². The van der Waals surface area contributed by atoms with Gasteiger partial charge in [0.05, 0.1) is 38.7 Å². The van der Waals surface area contributed by atoms with Gasteiger partial charge in [0.25, 0.3) is 0 Å². The van der Waals surface area contributed by atoms with Crippen LogP contribution in [-0.4, -0.2) is 33.0 Å². The maximum absolute atomic E-state index is 13.7. The average Bonchev–Trinajstić information content (AvgIpc) is 2.95. The van der Waals surface area contributed by atoms with Crippen LogP contribution in [0.15, 0.2) is 47.7 Å². The Morgan fingerprint density at radius 3 is 2.38 bits per heavy atom. The average molecular weight is 465 g/mol. The SMILES string of the molecule is CCC(=O)N1c2ccccc2NC2=C(C(=O)CC(C)(C)C2)[C@@H]1c1ccc(OC)c(OC)c1OC. The van der Waals surface area contributed by atoms with E-state index in [-0.39, 0.29) is 23.5 Å². The molecule has 1 N–H and O–H groups in total. The van der Waals surface area contributed by atoms with Crippen molar-refractivity contribution < 1.29 is 23.8 Å². The number of allylic oxidation sites excluding steroid dienone is 1. The topological polar surface area (TPSA) is 77.1 Å². The highest BCUT2D eigenvalue weighted by Crippen LogP contribution is 2.52. The monoisotopic (exact) mass is 464 g/mol. The van der Waals surface area contributed by atoms with Crippen molar-refractivity contribution >= 4 is 23.1 Å². The van der Waals surface area contributed by atoms with E-state index >= 15 is 0 Å². The maximum atomic E-state index is 13.7. The Morgan fingerprint density at radius 2 is 1.74 bits per heavy atom. The number of fused-ring (bicyclic) bond motifs is 1. The van der Waals surface area contributed by atoms with E-state index in [1.807, 2.05) is 37.3 Å². The van der Waals surface area contributed by atoms with Crippen LogP contribution in [0.25, 0.3) is 0 Å². The zero-order valence-electron chi connectivity index (χ0n) is 20.7. The van der Waals surface area contributed by atoms with Crippen LogP contribution in [0.1, 0.15) is 51.6 Å². The second-order valence-electron chi connectivity index (χ2n) is 9.42. The molecule has 0 radical (unpaired) electrons. The second kappa shape index (κ2) is 9.05. The number of carbonyl (C=O) groups excluding carboxylic acids is 2. The third-order valence-corrected chi connectivity index (χ3v) is 6.50. The molecule has 4 rings (SSSR count). The van der Waals surface area contributed by atoms with Crippen LogP contribution in [0.5, 0.6) is 17.2 Å². The van der Waals surface area contributed by atoms with E-state index < -0.39 is 6.04 Å². The number of nitrogens with zero attached hydrogens (tertiary/aromatic N) is 1. The zero-order chi connectivity index (χ0) is 24.6. The predicted octanol–water partition coefficient (Wildman–Crippen LogP) is 5.27. The molecule has 34 heavy (non-hydrogen) atoms. The molecule has 0 unspecified atom stereocenters. The number of carbonyl (C=O) groups is 2. The molecule has 1 aliphatic heterocycles. The Labute approximate surface area is 200 Å². The Bertz CT molecular complexity index is 1170. The molecule has 180 valence electrons. The van der Waals surface area contributed by atoms with Gasteiger partial charge in [0, 0.05) is 29.7 Å². The number of methoxy groups -OCH3 is 3. The minimum Gasteiger partial charge on any atom is -0.493 e. The molecule has 1 atom stereocenters. The molecule has 0 saturated heterocycles. The van der Waals surface area contributed by atoms with Gasteiger partial charge in [-0.2, -0.15) is 0 Å². The molecule has 2 aromatic carbocycles. The molecule has 2 aromatic rings. The lowest BCUT2D eigenvalue weighted by atomic mass is 9.73. The summed E-state index contributed by atoms with van der Waals surface area (Å²) in [7, 11) is 4.65. The fraction of sp³-hybridized carbons (Fsp3) is 0.407. The molecule has 0 aromatic heterocycles. The second-order valence-corrected chi connectivity index (χ2v) is 9.42. The number of ketones is 1. The standard InChI is InChI=1S/C27H32N2O5/c1-7-22(31)29-19-11-9-8-10-17(19)28-18-14-27(2,3)15-20(30)23(18)24(29)16-12-13-21(32-4)26(34-6)25(16)33-5/h8-13,24,28H,7,14-15H2,1-6H3/t24-/m0/s1. The van der Waals surface area contributed by atoms with Crippen molar-refractivity contribution in [3.05, 3.63) is 53.2 Å². The largest absolute Gasteiger partial charge is 0.493 e. The Morgan fingerprint density at radius 1 is 1.03 bits per heavy atom. The van der Waals surface area contributed by atoms with E-state index in [9.17, 15) is 9.59 Å². The van der Waals surface area contributed by atoms with Crippen molar-refractivity contribution in [3.8, 4) is 17.2 Å². The fourth-order valence-electron chi connectivity index (χ4n) is 5.07. The van der Waals surface area contributed by atoms with Crippen LogP contribution in [-0.2, 0) is 9.59 Å². The van der Waals surface area contributed by atoms with E-state index in [2.05, 4.69) is 19.2 Å². The smallest absolute Gasteiger partial charge is 0.227 e. The first kappa shape index (κ1) is 23.7. The molecule has 2 aliphatic rings. The summed E-state index contributed by atoms with van der Waals surface area (Å²) in [5.41, 5.74) is 3.40. The first-order valence-corrected chi connectivity index (χ1v) is 11.5. The number of ether oxygens (including phenoxy) is 3. The molecule has 1 amide bonds. The van der Waals surface area contributed by atoms with Crippen molar-refractivity contribution in [3.63, 3.8) is 0 Å². The van der Waals surface area contributed by atoms with Gasteiger partial charge in [-0.1, -0.05) is 32.9 Å². The van der Waals surface area contributed by atoms with Gasteiger partial charge in [-0.3, -0.25) is 14.5 Å². The highest BCUT2D eigenvalue weighted by atomic mass is 16.5. The number of Topliss-reactive ketones (excluding diaryl/α,β-unsaturated/α-hetero) is 1. The highest BCUT2D eigenvalue weighted by molar-refractivity contribution is 6.06. The number of anilines is 2. The molecule has 0 saturated carbocycles. The lowest BCUT2D eigenvalue weighted by Crippen LogP contribution is -2.39. The summed E-state index contributed by atoms with van der Waals surface area (Å²) >= 11 is 0. The van der Waals surface area contributed by atoms with Crippen molar-refractivity contribution in [1.82, 2.24) is 0 Å². The van der Waals surface area contributed by atoms with Gasteiger partial charge in [-0.25, -0.2) is 0 Å². The van der Waals surface area contributed by atoms with Crippen molar-refractivity contribution in [2.24, 2.45) is 5.41 Å². The Kier molecular flexibility index (Phi) is 6.30. The quantitative estimate of drug-likeness (QED) is 0.650. The summed E-state index contributed by atoms with van der Waals surface area (Å²) in [6.45, 7) is 6.01. The number of amides is 1. The minimum atomic E-state index is -0.683. The van der Waals surface area contributed by atoms with Gasteiger partial charge in [0.15, 0.2) is 17.3 Å². The first-order chi connectivity index (χ1) is 16.3. The van der Waals surface area contributed by atoms with Gasteiger partial charge in [-0.05, 0) is 36.1 Å². The zero-order valence-corrected chi connectivity index (χ0v) is 20.7. The Balaban J connectivity index is 2.08. The molecule has 0 bridgehead atoms. The number of para-hydroxylation sites is 2. The van der Waals surface area contributed by atoms with E-state index in [4.69, 9.17) is 14.2 Å². The molecule has 1 heterocycles. The lowest BCUT2D eigenvalue weighted by molar-refractivity contribution is -0.119. The summed E-state index contributed by atoms with van der Waals surface area (Å²) in [5, 5.41) is 3.51. The lowest BCUT2D eigenvalue weighted by Gasteiger charge is -2.37. The molecule has 0 spiro atoms. The fourth-order valence-corrected chi connectivity index (χ4v) is 5.07. The van der Waals surface area contributed by atoms with Crippen LogP contribution >= 0.6 is 0 Å². The number of rotatable bonds is 5. The highest BCUT2D eigenvalue weighted by Gasteiger charge is 2.44. The van der Waals surface area contributed by atoms with Gasteiger partial charge in [0.1, 0.15) is 0 Å². The van der Waals surface area contributed by atoms with Crippen LogP contribution in [0.3, 0.4) is 0 Å². The van der Waals surface area contributed by atoms with E-state index in [0.717, 1.165) is 17.1 Å². The van der Waals surface area contributed by atoms with Crippen LogP contribution < -0.4 is 24.4 Å². The van der Waals surface area contributed by atoms with E-state index in [0.29, 0.717) is 41.2 Å². The van der Waals surface area contributed by atoms with Crippen LogP contribution in [0, 0.1) is 5.41 Å². The number of benzene rings is 2. The normalized spacial score (nSPS) is 18.9. The first-order valence-electron chi connectivity index (χ1n) is 11.5. The Hall–Kier alpha value is -3.48. The number of hydrogen-bond acceptors (Lipinski definition) is 6. The van der Waals surface area contributed by atoms with E-state index in [1.54, 1.807) is 32.3 Å². The van der Waals surface area contributed by atoms with Crippen LogP contribution in [0.4, 0.5) is 11.4 Å². The van der Waals surface area contributed by atoms with E-state index in [1.165, 1.54) is 0 Å². The number of nitrogens with one attached hydrogen (secondary N) is 1. The minimum absolute atomic E-state index is 0.0160. The molecule has 0 fully saturated rings. The van der Waals surface area contributed by atoms with Gasteiger partial charge < -0.3 is 19.5 Å². The summed E-state index contributed by atoms with van der Waals surface area (Å²) < 4.78 is 16.9. The van der Waals surface area contributed by atoms with Crippen molar-refractivity contribution in [2.75, 3.05) is 31.5 Å². The van der Waals surface area contributed by atoms with Gasteiger partial charge in [-0.15, -0.1) is 0 Å². The predicted molar refractivity (Wildman–Crippen MR) is 132 cm³/mol. The third-order valence-electron chi connectivity index (χ3n) is 6.50. The molecule has 7 nitrogen and oxygen atoms in total. The molecule has 7 heteroatoms. The summed E-state index contributed by atoms with van der Waals surface area (Å²) in [5.74, 6) is 1.28. The van der Waals surface area contributed by atoms with Crippen molar-refractivity contribution in [1.29, 1.82) is 0 Å². The number of hydrogen-bond donors (Lipinski definition) is 1. The van der Waals surface area contributed by atoms with Crippen LogP contribution in [0.2, 0.25) is 0 Å². The summed E-state index contributed by atoms with van der Waals surface area (Å²) in [4.78, 5) is 29.0. The molecular formula is C27H32N2O5. The molecular weight excluding hydrogens is 432 g/mol. The summed E-state index contributed by atoms with van der Waals surface area (Å²) in [6, 6.07) is 10.6. The third kappa shape index (κ3) is 3.89. The van der Waals surface area contributed by atoms with Gasteiger partial charge >= 0.3 is 0 Å². The summed E-state index contributed by atoms with van der Waals surface area (Å²) in [6.07, 6.45) is 1.36. The van der Waals surface area contributed by atoms with Crippen molar-refractivity contribution in [2.45, 2.75) is 46.1 Å². The maximum Gasteiger partial charge on any atom is 0.227 e. The molecule has 1 aliphatic carbocycles.